The Kier molecular flexibility index (Phi) is 3.02. The lowest BCUT2D eigenvalue weighted by atomic mass is 10.1. The van der Waals surface area contributed by atoms with E-state index in [9.17, 15) is 9.18 Å². The van der Waals surface area contributed by atoms with Crippen molar-refractivity contribution in [3.8, 4) is 10.8 Å². The van der Waals surface area contributed by atoms with Crippen molar-refractivity contribution in [2.24, 2.45) is 0 Å². The third kappa shape index (κ3) is 2.12. The van der Waals surface area contributed by atoms with Crippen LogP contribution in [-0.4, -0.2) is 41.5 Å². The van der Waals surface area contributed by atoms with E-state index in [0.29, 0.717) is 17.9 Å². The number of aromatic nitrogens is 5. The number of hydrogen-bond acceptors (Lipinski definition) is 6. The maximum Gasteiger partial charge on any atom is 0.254 e. The molecule has 0 radical (unpaired) electrons. The topological polar surface area (TPSA) is 76.8 Å². The molecule has 7 nitrogen and oxygen atoms in total. The highest BCUT2D eigenvalue weighted by molar-refractivity contribution is 7.09. The number of hydrogen-bond donors (Lipinski definition) is 0. The summed E-state index contributed by atoms with van der Waals surface area (Å²) in [6.07, 6.45) is 0.822. The van der Waals surface area contributed by atoms with Gasteiger partial charge >= 0.3 is 0 Å². The maximum atomic E-state index is 13.1. The Morgan fingerprint density at radius 2 is 2.08 bits per heavy atom. The fourth-order valence-corrected chi connectivity index (χ4v) is 4.31. The second kappa shape index (κ2) is 5.16. The molecule has 4 heterocycles. The molecular weight excluding hydrogens is 343 g/mol. The molecule has 2 aliphatic rings. The number of halogens is 1. The SMILES string of the molecule is Cc1nsc(-c2nnc3n2[C@@H]2C[C@H]3N(C(=O)c3ccc(F)cc3)C2)n1. The zero-order valence-corrected chi connectivity index (χ0v) is 14.1. The Balaban J connectivity index is 1.48. The largest absolute Gasteiger partial charge is 0.326 e. The van der Waals surface area contributed by atoms with Crippen molar-refractivity contribution in [2.75, 3.05) is 6.54 Å². The van der Waals surface area contributed by atoms with Gasteiger partial charge < -0.3 is 9.47 Å². The third-order valence-electron chi connectivity index (χ3n) is 4.74. The Morgan fingerprint density at radius 3 is 2.80 bits per heavy atom. The highest BCUT2D eigenvalue weighted by Gasteiger charge is 2.48. The third-order valence-corrected chi connectivity index (χ3v) is 5.54. The van der Waals surface area contributed by atoms with Crippen molar-refractivity contribution in [2.45, 2.75) is 25.4 Å². The molecule has 2 aliphatic heterocycles. The van der Waals surface area contributed by atoms with E-state index in [2.05, 4.69) is 24.1 Å². The number of fused-ring (bicyclic) bond motifs is 5. The van der Waals surface area contributed by atoms with E-state index in [1.807, 2.05) is 6.92 Å². The van der Waals surface area contributed by atoms with Crippen molar-refractivity contribution in [3.05, 3.63) is 47.3 Å². The molecule has 1 amide bonds. The van der Waals surface area contributed by atoms with Crippen molar-refractivity contribution in [1.29, 1.82) is 0 Å². The molecule has 25 heavy (non-hydrogen) atoms. The summed E-state index contributed by atoms with van der Waals surface area (Å²) in [5.41, 5.74) is 0.486. The number of aryl methyl sites for hydroxylation is 1. The summed E-state index contributed by atoms with van der Waals surface area (Å²) in [4.78, 5) is 19.0. The summed E-state index contributed by atoms with van der Waals surface area (Å²) in [5.74, 6) is 1.77. The van der Waals surface area contributed by atoms with Crippen LogP contribution in [0.15, 0.2) is 24.3 Å². The smallest absolute Gasteiger partial charge is 0.254 e. The van der Waals surface area contributed by atoms with E-state index in [4.69, 9.17) is 0 Å². The van der Waals surface area contributed by atoms with Crippen LogP contribution in [0, 0.1) is 12.7 Å². The molecule has 3 aromatic rings. The molecule has 2 bridgehead atoms. The first-order valence-electron chi connectivity index (χ1n) is 7.94. The average molecular weight is 356 g/mol. The first kappa shape index (κ1) is 14.6. The van der Waals surface area contributed by atoms with Crippen LogP contribution in [0.25, 0.3) is 10.8 Å². The van der Waals surface area contributed by atoms with Crippen molar-refractivity contribution in [3.63, 3.8) is 0 Å². The maximum absolute atomic E-state index is 13.1. The van der Waals surface area contributed by atoms with E-state index in [-0.39, 0.29) is 23.8 Å². The lowest BCUT2D eigenvalue weighted by Crippen LogP contribution is -2.35. The predicted molar refractivity (Wildman–Crippen MR) is 87.5 cm³/mol. The summed E-state index contributed by atoms with van der Waals surface area (Å²) in [6.45, 7) is 2.44. The van der Waals surface area contributed by atoms with Crippen LogP contribution in [0.5, 0.6) is 0 Å². The minimum absolute atomic E-state index is 0.0992. The van der Waals surface area contributed by atoms with Gasteiger partial charge in [0.1, 0.15) is 11.6 Å². The van der Waals surface area contributed by atoms with Gasteiger partial charge in [-0.3, -0.25) is 4.79 Å². The molecule has 1 aromatic carbocycles. The van der Waals surface area contributed by atoms with Crippen LogP contribution in [-0.2, 0) is 0 Å². The van der Waals surface area contributed by atoms with E-state index in [1.165, 1.54) is 35.8 Å². The molecule has 126 valence electrons. The Bertz CT molecular complexity index is 981. The highest BCUT2D eigenvalue weighted by atomic mass is 32.1. The van der Waals surface area contributed by atoms with E-state index < -0.39 is 0 Å². The minimum Gasteiger partial charge on any atom is -0.326 e. The van der Waals surface area contributed by atoms with Gasteiger partial charge in [-0.2, -0.15) is 4.37 Å². The Morgan fingerprint density at radius 1 is 1.28 bits per heavy atom. The van der Waals surface area contributed by atoms with Crippen LogP contribution in [0.2, 0.25) is 0 Å². The van der Waals surface area contributed by atoms with Crippen molar-refractivity contribution in [1.82, 2.24) is 29.0 Å². The minimum atomic E-state index is -0.351. The van der Waals surface area contributed by atoms with Gasteiger partial charge in [-0.05, 0) is 49.1 Å². The second-order valence-corrected chi connectivity index (χ2v) is 7.02. The summed E-state index contributed by atoms with van der Waals surface area (Å²) < 4.78 is 19.4. The first-order chi connectivity index (χ1) is 12.1. The van der Waals surface area contributed by atoms with Gasteiger partial charge in [0.2, 0.25) is 0 Å². The summed E-state index contributed by atoms with van der Waals surface area (Å²) >= 11 is 1.31. The highest BCUT2D eigenvalue weighted by Crippen LogP contribution is 2.47. The molecule has 2 atom stereocenters. The number of rotatable bonds is 2. The lowest BCUT2D eigenvalue weighted by Gasteiger charge is -2.27. The van der Waals surface area contributed by atoms with Gasteiger partial charge in [-0.1, -0.05) is 0 Å². The van der Waals surface area contributed by atoms with E-state index >= 15 is 0 Å². The number of benzene rings is 1. The predicted octanol–water partition coefficient (Wildman–Crippen LogP) is 2.39. The van der Waals surface area contributed by atoms with Gasteiger partial charge in [-0.25, -0.2) is 9.37 Å². The molecule has 0 saturated carbocycles. The molecule has 2 aromatic heterocycles. The number of amides is 1. The van der Waals surface area contributed by atoms with Crippen LogP contribution in [0.1, 0.15) is 40.5 Å². The quantitative estimate of drug-likeness (QED) is 0.705. The van der Waals surface area contributed by atoms with Crippen LogP contribution in [0.4, 0.5) is 4.39 Å². The van der Waals surface area contributed by atoms with Crippen LogP contribution >= 0.6 is 11.5 Å². The molecule has 5 rings (SSSR count). The fraction of sp³-hybridized carbons (Fsp3) is 0.312. The molecule has 1 fully saturated rings. The Labute approximate surface area is 146 Å². The van der Waals surface area contributed by atoms with Crippen molar-refractivity contribution < 1.29 is 9.18 Å². The lowest BCUT2D eigenvalue weighted by molar-refractivity contribution is 0.0710. The molecule has 0 aliphatic carbocycles. The van der Waals surface area contributed by atoms with E-state index in [0.717, 1.165) is 23.1 Å². The Hall–Kier alpha value is -2.68. The van der Waals surface area contributed by atoms with E-state index in [1.54, 1.807) is 4.90 Å². The molecule has 0 N–H and O–H groups in total. The molecule has 0 unspecified atom stereocenters. The van der Waals surface area contributed by atoms with Gasteiger partial charge in [0.05, 0.1) is 12.1 Å². The number of carbonyl (C=O) groups is 1. The summed E-state index contributed by atoms with van der Waals surface area (Å²) in [5, 5.41) is 9.33. The number of nitrogens with zero attached hydrogens (tertiary/aromatic N) is 6. The van der Waals surface area contributed by atoms with Gasteiger partial charge in [0.25, 0.3) is 5.91 Å². The van der Waals surface area contributed by atoms with Gasteiger partial charge in [0, 0.05) is 12.1 Å². The molecule has 1 saturated heterocycles. The summed E-state index contributed by atoms with van der Waals surface area (Å²) in [7, 11) is 0. The number of likely N-dealkylation sites (tertiary alicyclic amines) is 1. The summed E-state index contributed by atoms with van der Waals surface area (Å²) in [6, 6.07) is 5.68. The molecule has 0 spiro atoms. The number of carbonyl (C=O) groups excluding carboxylic acids is 1. The second-order valence-electron chi connectivity index (χ2n) is 6.27. The fourth-order valence-electron chi connectivity index (χ4n) is 3.65. The van der Waals surface area contributed by atoms with Crippen LogP contribution < -0.4 is 0 Å². The van der Waals surface area contributed by atoms with Crippen molar-refractivity contribution >= 4 is 17.4 Å². The normalized spacial score (nSPS) is 21.0. The van der Waals surface area contributed by atoms with Gasteiger partial charge in [0.15, 0.2) is 16.7 Å². The zero-order chi connectivity index (χ0) is 17.1. The standard InChI is InChI=1S/C16H13FN6OS/c1-8-18-15(25-21-8)14-20-19-13-12-6-11(23(13)14)7-22(12)16(24)9-2-4-10(17)5-3-9/h2-5,11-12H,6-7H2,1H3/t11-,12-/m1/s1. The molecule has 9 heteroatoms. The van der Waals surface area contributed by atoms with Crippen LogP contribution in [0.3, 0.4) is 0 Å². The average Bonchev–Trinajstić information content (AvgIpc) is 3.35. The zero-order valence-electron chi connectivity index (χ0n) is 13.3. The van der Waals surface area contributed by atoms with Gasteiger partial charge in [-0.15, -0.1) is 10.2 Å². The molecular formula is C16H13FN6OS. The first-order valence-corrected chi connectivity index (χ1v) is 8.71. The monoisotopic (exact) mass is 356 g/mol.